The number of hydrogen-bond donors (Lipinski definition) is 1. The molecular formula is C14H13BrN2O4S. The van der Waals surface area contributed by atoms with E-state index in [0.717, 1.165) is 16.2 Å². The smallest absolute Gasteiger partial charge is 0.342 e. The maximum Gasteiger partial charge on any atom is 0.342 e. The van der Waals surface area contributed by atoms with Crippen molar-refractivity contribution in [1.29, 1.82) is 0 Å². The second kappa shape index (κ2) is 7.46. The summed E-state index contributed by atoms with van der Waals surface area (Å²) in [5, 5.41) is 17.1. The number of aromatic nitrogens is 2. The Kier molecular flexibility index (Phi) is 5.62. The molecule has 0 atom stereocenters. The number of ether oxygens (including phenoxy) is 1. The van der Waals surface area contributed by atoms with Gasteiger partial charge < -0.3 is 14.3 Å². The molecule has 0 aliphatic heterocycles. The number of benzene rings is 1. The van der Waals surface area contributed by atoms with E-state index in [1.165, 1.54) is 6.08 Å². The molecule has 22 heavy (non-hydrogen) atoms. The highest BCUT2D eigenvalue weighted by Crippen LogP contribution is 2.30. The predicted molar refractivity (Wildman–Crippen MR) is 85.8 cm³/mol. The van der Waals surface area contributed by atoms with Gasteiger partial charge in [-0.1, -0.05) is 13.0 Å². The van der Waals surface area contributed by atoms with Gasteiger partial charge in [-0.25, -0.2) is 4.79 Å². The van der Waals surface area contributed by atoms with Crippen LogP contribution >= 0.6 is 27.7 Å². The Bertz CT molecular complexity index is 715. The highest BCUT2D eigenvalue weighted by atomic mass is 79.9. The van der Waals surface area contributed by atoms with Gasteiger partial charge in [-0.05, 0) is 51.5 Å². The fourth-order valence-corrected chi connectivity index (χ4v) is 2.82. The predicted octanol–water partition coefficient (Wildman–Crippen LogP) is 3.62. The zero-order valence-corrected chi connectivity index (χ0v) is 14.3. The summed E-state index contributed by atoms with van der Waals surface area (Å²) in [6.07, 6.45) is 2.14. The summed E-state index contributed by atoms with van der Waals surface area (Å²) in [5.41, 5.74) is 0.716. The van der Waals surface area contributed by atoms with Gasteiger partial charge in [0, 0.05) is 6.42 Å². The zero-order valence-electron chi connectivity index (χ0n) is 11.9. The van der Waals surface area contributed by atoms with Crippen LogP contribution < -0.4 is 4.74 Å². The molecule has 8 heteroatoms. The SMILES string of the molecule is CCc1nnc(S/C(=C\c2ccc(OC)c(Br)c2)C(=O)O)o1. The van der Waals surface area contributed by atoms with Crippen LogP contribution in [-0.2, 0) is 11.2 Å². The minimum Gasteiger partial charge on any atom is -0.496 e. The lowest BCUT2D eigenvalue weighted by molar-refractivity contribution is -0.131. The number of carboxylic acid groups (broad SMARTS) is 1. The molecule has 1 heterocycles. The summed E-state index contributed by atoms with van der Waals surface area (Å²) in [6, 6.07) is 5.29. The average molecular weight is 385 g/mol. The van der Waals surface area contributed by atoms with E-state index in [4.69, 9.17) is 9.15 Å². The van der Waals surface area contributed by atoms with Crippen molar-refractivity contribution < 1.29 is 19.1 Å². The van der Waals surface area contributed by atoms with Crippen molar-refractivity contribution in [3.05, 3.63) is 39.0 Å². The number of carbonyl (C=O) groups is 1. The molecule has 0 saturated heterocycles. The molecule has 6 nitrogen and oxygen atoms in total. The molecular weight excluding hydrogens is 372 g/mol. The summed E-state index contributed by atoms with van der Waals surface area (Å²) >= 11 is 4.28. The molecule has 0 unspecified atom stereocenters. The lowest BCUT2D eigenvalue weighted by atomic mass is 10.2. The molecule has 2 aromatic rings. The van der Waals surface area contributed by atoms with Crippen LogP contribution in [0.1, 0.15) is 18.4 Å². The second-order valence-electron chi connectivity index (χ2n) is 4.13. The summed E-state index contributed by atoms with van der Waals surface area (Å²) < 4.78 is 11.2. The van der Waals surface area contributed by atoms with E-state index in [-0.39, 0.29) is 10.1 Å². The van der Waals surface area contributed by atoms with Crippen molar-refractivity contribution in [3.8, 4) is 5.75 Å². The number of nitrogens with zero attached hydrogens (tertiary/aromatic N) is 2. The van der Waals surface area contributed by atoms with E-state index in [2.05, 4.69) is 26.1 Å². The van der Waals surface area contributed by atoms with E-state index in [1.54, 1.807) is 25.3 Å². The third-order valence-corrected chi connectivity index (χ3v) is 4.10. The van der Waals surface area contributed by atoms with Crippen molar-refractivity contribution in [2.45, 2.75) is 18.6 Å². The van der Waals surface area contributed by atoms with Crippen LogP contribution in [0, 0.1) is 0 Å². The van der Waals surface area contributed by atoms with Gasteiger partial charge in [-0.2, -0.15) is 0 Å². The van der Waals surface area contributed by atoms with Gasteiger partial charge in [-0.3, -0.25) is 0 Å². The molecule has 0 bridgehead atoms. The van der Waals surface area contributed by atoms with Crippen LogP contribution in [0.15, 0.2) is 37.2 Å². The van der Waals surface area contributed by atoms with Gasteiger partial charge >= 0.3 is 5.97 Å². The van der Waals surface area contributed by atoms with Gasteiger partial charge in [0.1, 0.15) is 10.7 Å². The molecule has 2 rings (SSSR count). The van der Waals surface area contributed by atoms with Crippen molar-refractivity contribution in [2.24, 2.45) is 0 Å². The normalized spacial score (nSPS) is 11.5. The summed E-state index contributed by atoms with van der Waals surface area (Å²) in [6.45, 7) is 1.88. The van der Waals surface area contributed by atoms with Crippen LogP contribution in [0.25, 0.3) is 6.08 Å². The van der Waals surface area contributed by atoms with Crippen molar-refractivity contribution in [2.75, 3.05) is 7.11 Å². The number of hydrogen-bond acceptors (Lipinski definition) is 6. The zero-order chi connectivity index (χ0) is 16.1. The number of thioether (sulfide) groups is 1. The number of aryl methyl sites for hydroxylation is 1. The van der Waals surface area contributed by atoms with E-state index < -0.39 is 5.97 Å². The first-order chi connectivity index (χ1) is 10.5. The monoisotopic (exact) mass is 384 g/mol. The lowest BCUT2D eigenvalue weighted by Crippen LogP contribution is -1.97. The highest BCUT2D eigenvalue weighted by Gasteiger charge is 2.15. The largest absolute Gasteiger partial charge is 0.496 e. The first-order valence-corrected chi connectivity index (χ1v) is 7.93. The van der Waals surface area contributed by atoms with Gasteiger partial charge in [0.2, 0.25) is 5.89 Å². The van der Waals surface area contributed by atoms with Crippen molar-refractivity contribution in [1.82, 2.24) is 10.2 Å². The Morgan fingerprint density at radius 1 is 1.50 bits per heavy atom. The Hall–Kier alpha value is -1.80. The van der Waals surface area contributed by atoms with E-state index >= 15 is 0 Å². The first-order valence-electron chi connectivity index (χ1n) is 6.32. The van der Waals surface area contributed by atoms with Crippen LogP contribution in [-0.4, -0.2) is 28.4 Å². The average Bonchev–Trinajstić information content (AvgIpc) is 2.94. The van der Waals surface area contributed by atoms with Gasteiger partial charge in [0.25, 0.3) is 5.22 Å². The first kappa shape index (κ1) is 16.6. The third kappa shape index (κ3) is 4.11. The topological polar surface area (TPSA) is 85.5 Å². The van der Waals surface area contributed by atoms with Crippen LogP contribution in [0.2, 0.25) is 0 Å². The van der Waals surface area contributed by atoms with Gasteiger partial charge in [-0.15, -0.1) is 10.2 Å². The number of aliphatic carboxylic acids is 1. The Labute approximate surface area is 139 Å². The molecule has 0 amide bonds. The number of methoxy groups -OCH3 is 1. The molecule has 0 aliphatic rings. The molecule has 0 fully saturated rings. The third-order valence-electron chi connectivity index (χ3n) is 2.63. The van der Waals surface area contributed by atoms with Crippen LogP contribution in [0.4, 0.5) is 0 Å². The van der Waals surface area contributed by atoms with Crippen molar-refractivity contribution >= 4 is 39.7 Å². The summed E-state index contributed by atoms with van der Waals surface area (Å²) in [4.78, 5) is 11.5. The van der Waals surface area contributed by atoms with Gasteiger partial charge in [0.15, 0.2) is 0 Å². The quantitative estimate of drug-likeness (QED) is 0.600. The summed E-state index contributed by atoms with van der Waals surface area (Å²) in [7, 11) is 1.56. The molecule has 0 spiro atoms. The Balaban J connectivity index is 2.26. The van der Waals surface area contributed by atoms with Crippen LogP contribution in [0.5, 0.6) is 5.75 Å². The van der Waals surface area contributed by atoms with E-state index in [0.29, 0.717) is 23.6 Å². The minimum absolute atomic E-state index is 0.0865. The fourth-order valence-electron chi connectivity index (χ4n) is 1.58. The number of halogens is 1. The number of rotatable bonds is 6. The second-order valence-corrected chi connectivity index (χ2v) is 5.97. The molecule has 1 aromatic heterocycles. The van der Waals surface area contributed by atoms with Crippen molar-refractivity contribution in [3.63, 3.8) is 0 Å². The molecule has 0 saturated carbocycles. The fraction of sp³-hybridized carbons (Fsp3) is 0.214. The summed E-state index contributed by atoms with van der Waals surface area (Å²) in [5.74, 6) is 0.0822. The van der Waals surface area contributed by atoms with E-state index in [1.807, 2.05) is 6.92 Å². The minimum atomic E-state index is -1.06. The molecule has 0 radical (unpaired) electrons. The maximum atomic E-state index is 11.4. The molecule has 1 N–H and O–H groups in total. The Morgan fingerprint density at radius 2 is 2.27 bits per heavy atom. The maximum absolute atomic E-state index is 11.4. The van der Waals surface area contributed by atoms with E-state index in [9.17, 15) is 9.90 Å². The molecule has 1 aromatic carbocycles. The Morgan fingerprint density at radius 3 is 2.82 bits per heavy atom. The number of carboxylic acids is 1. The highest BCUT2D eigenvalue weighted by molar-refractivity contribution is 9.10. The van der Waals surface area contributed by atoms with Gasteiger partial charge in [0.05, 0.1) is 11.6 Å². The lowest BCUT2D eigenvalue weighted by Gasteiger charge is -2.04. The van der Waals surface area contributed by atoms with Crippen LogP contribution in [0.3, 0.4) is 0 Å². The standard InChI is InChI=1S/C14H13BrN2O4S/c1-3-12-16-17-14(21-12)22-11(13(18)19)7-8-4-5-10(20-2)9(15)6-8/h4-7H,3H2,1-2H3,(H,18,19)/b11-7-. The molecule has 0 aliphatic carbocycles. The molecule has 116 valence electrons.